The molecule has 0 saturated carbocycles. The highest BCUT2D eigenvalue weighted by Crippen LogP contribution is 2.40. The van der Waals surface area contributed by atoms with Crippen LogP contribution in [-0.4, -0.2) is 38.8 Å². The van der Waals surface area contributed by atoms with Crippen molar-refractivity contribution in [1.82, 2.24) is 5.32 Å². The summed E-state index contributed by atoms with van der Waals surface area (Å²) in [4.78, 5) is 14.6. The van der Waals surface area contributed by atoms with Crippen LogP contribution in [-0.2, 0) is 4.74 Å². The zero-order valence-electron chi connectivity index (χ0n) is 12.5. The Labute approximate surface area is 128 Å². The van der Waals surface area contributed by atoms with Gasteiger partial charge in [-0.3, -0.25) is 4.79 Å². The van der Waals surface area contributed by atoms with E-state index < -0.39 is 0 Å². The van der Waals surface area contributed by atoms with E-state index in [9.17, 15) is 4.79 Å². The number of nitrogens with zero attached hydrogens (tertiary/aromatic N) is 2. The Morgan fingerprint density at radius 1 is 1.62 bits per heavy atom. The number of carbonyl (C=O) groups excluding carboxylic acids is 1. The third-order valence-corrected chi connectivity index (χ3v) is 5.09. The molecular formula is C14H20N4O2S. The summed E-state index contributed by atoms with van der Waals surface area (Å²) < 4.78 is 5.59. The minimum Gasteiger partial charge on any atom is -0.396 e. The highest BCUT2D eigenvalue weighted by atomic mass is 32.1. The van der Waals surface area contributed by atoms with Crippen LogP contribution in [0.3, 0.4) is 0 Å². The zero-order valence-corrected chi connectivity index (χ0v) is 13.3. The van der Waals surface area contributed by atoms with Gasteiger partial charge in [0.05, 0.1) is 16.9 Å². The molecule has 3 N–H and O–H groups in total. The van der Waals surface area contributed by atoms with Crippen LogP contribution in [0, 0.1) is 11.3 Å². The van der Waals surface area contributed by atoms with E-state index in [1.807, 2.05) is 0 Å². The van der Waals surface area contributed by atoms with E-state index in [1.165, 1.54) is 11.3 Å². The van der Waals surface area contributed by atoms with Crippen LogP contribution in [0.4, 0.5) is 10.7 Å². The number of nitrogens with two attached hydrogens (primary N) is 1. The number of nitrogen functional groups attached to an aromatic ring is 1. The zero-order chi connectivity index (χ0) is 15.6. The average molecular weight is 308 g/mol. The van der Waals surface area contributed by atoms with Crippen molar-refractivity contribution in [1.29, 1.82) is 5.26 Å². The Morgan fingerprint density at radius 3 is 2.90 bits per heavy atom. The van der Waals surface area contributed by atoms with Gasteiger partial charge in [0, 0.05) is 27.2 Å². The SMILES string of the molecule is CNC(=O)c1c(N2CCCC(C)(OC)C2)sc(C#N)c1N. The molecule has 1 fully saturated rings. The summed E-state index contributed by atoms with van der Waals surface area (Å²) in [5, 5.41) is 12.5. The molecule has 7 heteroatoms. The molecule has 1 unspecified atom stereocenters. The first-order valence-electron chi connectivity index (χ1n) is 6.80. The molecule has 1 atom stereocenters. The Kier molecular flexibility index (Phi) is 4.40. The third kappa shape index (κ3) is 2.82. The molecule has 1 aliphatic rings. The number of hydrogen-bond acceptors (Lipinski definition) is 6. The van der Waals surface area contributed by atoms with E-state index >= 15 is 0 Å². The van der Waals surface area contributed by atoms with Crippen molar-refractivity contribution < 1.29 is 9.53 Å². The van der Waals surface area contributed by atoms with E-state index in [0.717, 1.165) is 24.4 Å². The minimum atomic E-state index is -0.259. The molecule has 0 aromatic carbocycles. The fourth-order valence-corrected chi connectivity index (χ4v) is 3.67. The number of nitrogens with one attached hydrogen (secondary N) is 1. The van der Waals surface area contributed by atoms with Crippen molar-refractivity contribution in [3.8, 4) is 6.07 Å². The Balaban J connectivity index is 2.44. The summed E-state index contributed by atoms with van der Waals surface area (Å²) in [5.41, 5.74) is 6.39. The van der Waals surface area contributed by atoms with Gasteiger partial charge >= 0.3 is 0 Å². The van der Waals surface area contributed by atoms with Crippen molar-refractivity contribution in [2.24, 2.45) is 0 Å². The summed E-state index contributed by atoms with van der Waals surface area (Å²) >= 11 is 1.27. The van der Waals surface area contributed by atoms with E-state index in [2.05, 4.69) is 23.2 Å². The fourth-order valence-electron chi connectivity index (χ4n) is 2.63. The molecule has 6 nitrogen and oxygen atoms in total. The number of piperidine rings is 1. The van der Waals surface area contributed by atoms with Gasteiger partial charge in [-0.2, -0.15) is 5.26 Å². The third-order valence-electron chi connectivity index (χ3n) is 3.92. The van der Waals surface area contributed by atoms with Crippen molar-refractivity contribution in [2.75, 3.05) is 37.9 Å². The lowest BCUT2D eigenvalue weighted by atomic mass is 9.94. The number of nitriles is 1. The van der Waals surface area contributed by atoms with Crippen LogP contribution < -0.4 is 16.0 Å². The monoisotopic (exact) mass is 308 g/mol. The maximum Gasteiger partial charge on any atom is 0.256 e. The summed E-state index contributed by atoms with van der Waals surface area (Å²) in [5.74, 6) is -0.259. The number of hydrogen-bond donors (Lipinski definition) is 2. The molecule has 0 radical (unpaired) electrons. The first-order chi connectivity index (χ1) is 9.95. The highest BCUT2D eigenvalue weighted by Gasteiger charge is 2.34. The second-order valence-corrected chi connectivity index (χ2v) is 6.39. The van der Waals surface area contributed by atoms with E-state index in [0.29, 0.717) is 17.0 Å². The van der Waals surface area contributed by atoms with Crippen LogP contribution in [0.5, 0.6) is 0 Å². The second kappa shape index (κ2) is 5.92. The van der Waals surface area contributed by atoms with Crippen LogP contribution >= 0.6 is 11.3 Å². The quantitative estimate of drug-likeness (QED) is 0.884. The van der Waals surface area contributed by atoms with Crippen LogP contribution in [0.2, 0.25) is 0 Å². The van der Waals surface area contributed by atoms with Gasteiger partial charge in [-0.25, -0.2) is 0 Å². The normalized spacial score (nSPS) is 21.9. The van der Waals surface area contributed by atoms with E-state index in [4.69, 9.17) is 15.7 Å². The van der Waals surface area contributed by atoms with Crippen LogP contribution in [0.25, 0.3) is 0 Å². The van der Waals surface area contributed by atoms with Gasteiger partial charge in [-0.05, 0) is 19.8 Å². The predicted molar refractivity (Wildman–Crippen MR) is 83.7 cm³/mol. The number of methoxy groups -OCH3 is 1. The van der Waals surface area contributed by atoms with Gasteiger partial charge in [0.25, 0.3) is 5.91 Å². The van der Waals surface area contributed by atoms with Gasteiger partial charge in [-0.1, -0.05) is 0 Å². The Morgan fingerprint density at radius 2 is 2.33 bits per heavy atom. The van der Waals surface area contributed by atoms with Gasteiger partial charge in [0.15, 0.2) is 0 Å². The molecule has 21 heavy (non-hydrogen) atoms. The molecule has 0 spiro atoms. The summed E-state index contributed by atoms with van der Waals surface area (Å²) in [7, 11) is 3.26. The smallest absolute Gasteiger partial charge is 0.256 e. The lowest BCUT2D eigenvalue weighted by Crippen LogP contribution is -2.47. The van der Waals surface area contributed by atoms with E-state index in [1.54, 1.807) is 14.2 Å². The standard InChI is InChI=1S/C14H20N4O2S/c1-14(20-3)5-4-6-18(8-14)13-10(12(19)17-2)11(16)9(7-15)21-13/h4-6,8,16H2,1-3H3,(H,17,19). The number of thiophene rings is 1. The fraction of sp³-hybridized carbons (Fsp3) is 0.571. The maximum atomic E-state index is 12.1. The van der Waals surface area contributed by atoms with Gasteiger partial charge in [-0.15, -0.1) is 11.3 Å². The second-order valence-electron chi connectivity index (χ2n) is 5.40. The minimum absolute atomic E-state index is 0.246. The Hall–Kier alpha value is -1.78. The molecule has 1 aromatic heterocycles. The lowest BCUT2D eigenvalue weighted by molar-refractivity contribution is -0.00455. The summed E-state index contributed by atoms with van der Waals surface area (Å²) in [6, 6.07) is 2.06. The van der Waals surface area contributed by atoms with Crippen molar-refractivity contribution in [3.05, 3.63) is 10.4 Å². The summed E-state index contributed by atoms with van der Waals surface area (Å²) in [6.45, 7) is 3.56. The van der Waals surface area contributed by atoms with Gasteiger partial charge in [0.2, 0.25) is 0 Å². The largest absolute Gasteiger partial charge is 0.396 e. The molecule has 1 saturated heterocycles. The first kappa shape index (κ1) is 15.6. The molecule has 114 valence electrons. The highest BCUT2D eigenvalue weighted by molar-refractivity contribution is 7.17. The van der Waals surface area contributed by atoms with Crippen molar-refractivity contribution in [3.63, 3.8) is 0 Å². The topological polar surface area (TPSA) is 91.4 Å². The van der Waals surface area contributed by atoms with Gasteiger partial charge < -0.3 is 20.7 Å². The summed E-state index contributed by atoms with van der Waals surface area (Å²) in [6.07, 6.45) is 1.94. The van der Waals surface area contributed by atoms with Crippen molar-refractivity contribution >= 4 is 27.9 Å². The predicted octanol–water partition coefficient (Wildman–Crippen LogP) is 1.57. The molecule has 0 aliphatic carbocycles. The number of rotatable bonds is 3. The van der Waals surface area contributed by atoms with Gasteiger partial charge in [0.1, 0.15) is 15.9 Å². The number of amides is 1. The first-order valence-corrected chi connectivity index (χ1v) is 7.62. The van der Waals surface area contributed by atoms with Crippen LogP contribution in [0.15, 0.2) is 0 Å². The van der Waals surface area contributed by atoms with Crippen LogP contribution in [0.1, 0.15) is 35.0 Å². The molecule has 1 aliphatic heterocycles. The average Bonchev–Trinajstić information content (AvgIpc) is 2.83. The molecular weight excluding hydrogens is 288 g/mol. The Bertz CT molecular complexity index is 593. The molecule has 1 amide bonds. The molecule has 0 bridgehead atoms. The number of ether oxygens (including phenoxy) is 1. The maximum absolute atomic E-state index is 12.1. The molecule has 1 aromatic rings. The lowest BCUT2D eigenvalue weighted by Gasteiger charge is -2.40. The molecule has 2 heterocycles. The molecule has 2 rings (SSSR count). The number of anilines is 2. The van der Waals surface area contributed by atoms with Crippen molar-refractivity contribution in [2.45, 2.75) is 25.4 Å². The van der Waals surface area contributed by atoms with E-state index in [-0.39, 0.29) is 17.2 Å². The number of carbonyl (C=O) groups is 1.